The Hall–Kier alpha value is -3.93. The lowest BCUT2D eigenvalue weighted by molar-refractivity contribution is 0.333. The van der Waals surface area contributed by atoms with Crippen LogP contribution >= 0.6 is 0 Å². The molecule has 1 N–H and O–H groups in total. The number of fused-ring (bicyclic) bond motifs is 1. The van der Waals surface area contributed by atoms with Crippen LogP contribution in [0.25, 0.3) is 10.9 Å². The SMILES string of the molecule is COc1cc2nccc(Oc3ccc(NCCOc4ccc(C)cc4)cc3C)c2cc1OC. The average molecular weight is 445 g/mol. The second kappa shape index (κ2) is 10.1. The fourth-order valence-corrected chi connectivity index (χ4v) is 3.53. The van der Waals surface area contributed by atoms with E-state index in [4.69, 9.17) is 18.9 Å². The zero-order valence-electron chi connectivity index (χ0n) is 19.3. The molecule has 0 fully saturated rings. The average Bonchev–Trinajstić information content (AvgIpc) is 2.83. The van der Waals surface area contributed by atoms with Crippen LogP contribution in [0.2, 0.25) is 0 Å². The fraction of sp³-hybridized carbons (Fsp3) is 0.222. The Bertz CT molecular complexity index is 1240. The van der Waals surface area contributed by atoms with Crippen LogP contribution in [0.3, 0.4) is 0 Å². The minimum absolute atomic E-state index is 0.578. The van der Waals surface area contributed by atoms with Gasteiger partial charge in [0.2, 0.25) is 0 Å². The summed E-state index contributed by atoms with van der Waals surface area (Å²) in [5.41, 5.74) is 4.02. The van der Waals surface area contributed by atoms with E-state index in [0.29, 0.717) is 30.4 Å². The molecule has 0 aliphatic carbocycles. The summed E-state index contributed by atoms with van der Waals surface area (Å²) in [5.74, 6) is 3.62. The first-order valence-electron chi connectivity index (χ1n) is 10.8. The number of rotatable bonds is 9. The van der Waals surface area contributed by atoms with Crippen molar-refractivity contribution >= 4 is 16.6 Å². The fourth-order valence-electron chi connectivity index (χ4n) is 3.53. The van der Waals surface area contributed by atoms with Gasteiger partial charge in [0.1, 0.15) is 23.9 Å². The van der Waals surface area contributed by atoms with Crippen LogP contribution in [0.1, 0.15) is 11.1 Å². The highest BCUT2D eigenvalue weighted by molar-refractivity contribution is 5.88. The summed E-state index contributed by atoms with van der Waals surface area (Å²) in [7, 11) is 3.22. The van der Waals surface area contributed by atoms with Crippen molar-refractivity contribution in [1.29, 1.82) is 0 Å². The van der Waals surface area contributed by atoms with E-state index in [2.05, 4.69) is 23.3 Å². The standard InChI is InChI=1S/C27H28N2O4/c1-18-5-8-21(9-6-18)32-14-13-28-20-7-10-24(19(2)15-20)33-25-11-12-29-23-17-27(31-4)26(30-3)16-22(23)25/h5-12,15-17,28H,13-14H2,1-4H3. The van der Waals surface area contributed by atoms with Crippen molar-refractivity contribution < 1.29 is 18.9 Å². The number of pyridine rings is 1. The molecule has 0 amide bonds. The van der Waals surface area contributed by atoms with Crippen molar-refractivity contribution in [1.82, 2.24) is 4.98 Å². The van der Waals surface area contributed by atoms with Crippen LogP contribution in [-0.4, -0.2) is 32.4 Å². The number of nitrogens with one attached hydrogen (secondary N) is 1. The minimum atomic E-state index is 0.578. The van der Waals surface area contributed by atoms with E-state index in [1.165, 1.54) is 5.56 Å². The van der Waals surface area contributed by atoms with Crippen LogP contribution in [0.15, 0.2) is 66.9 Å². The van der Waals surface area contributed by atoms with Crippen LogP contribution in [0.4, 0.5) is 5.69 Å². The summed E-state index contributed by atoms with van der Waals surface area (Å²) in [6, 6.07) is 19.7. The molecule has 0 aliphatic heterocycles. The van der Waals surface area contributed by atoms with E-state index >= 15 is 0 Å². The van der Waals surface area contributed by atoms with Gasteiger partial charge in [-0.05, 0) is 61.9 Å². The van der Waals surface area contributed by atoms with Crippen molar-refractivity contribution in [3.05, 3.63) is 78.0 Å². The van der Waals surface area contributed by atoms with Gasteiger partial charge in [0, 0.05) is 29.9 Å². The van der Waals surface area contributed by atoms with E-state index in [-0.39, 0.29) is 0 Å². The number of nitrogens with zero attached hydrogens (tertiary/aromatic N) is 1. The Labute approximate surface area is 194 Å². The highest BCUT2D eigenvalue weighted by atomic mass is 16.5. The van der Waals surface area contributed by atoms with Crippen LogP contribution in [0, 0.1) is 13.8 Å². The molecule has 0 radical (unpaired) electrons. The molecular weight excluding hydrogens is 416 g/mol. The topological polar surface area (TPSA) is 61.8 Å². The van der Waals surface area contributed by atoms with E-state index in [9.17, 15) is 0 Å². The number of aryl methyl sites for hydroxylation is 2. The van der Waals surface area contributed by atoms with E-state index in [1.807, 2.05) is 61.5 Å². The number of anilines is 1. The Balaban J connectivity index is 1.43. The number of benzene rings is 3. The molecule has 3 aromatic carbocycles. The van der Waals surface area contributed by atoms with Crippen LogP contribution < -0.4 is 24.3 Å². The molecule has 4 rings (SSSR count). The number of hydrogen-bond donors (Lipinski definition) is 1. The molecule has 4 aromatic rings. The molecule has 0 unspecified atom stereocenters. The lowest BCUT2D eigenvalue weighted by Crippen LogP contribution is -2.11. The lowest BCUT2D eigenvalue weighted by Gasteiger charge is -2.14. The van der Waals surface area contributed by atoms with Gasteiger partial charge in [0.15, 0.2) is 11.5 Å². The third-order valence-corrected chi connectivity index (χ3v) is 5.32. The zero-order valence-corrected chi connectivity index (χ0v) is 19.3. The molecule has 170 valence electrons. The first kappa shape index (κ1) is 22.3. The largest absolute Gasteiger partial charge is 0.493 e. The zero-order chi connectivity index (χ0) is 23.2. The first-order chi connectivity index (χ1) is 16.1. The smallest absolute Gasteiger partial charge is 0.162 e. The number of hydrogen-bond acceptors (Lipinski definition) is 6. The molecule has 6 heteroatoms. The molecular formula is C27H28N2O4. The summed E-state index contributed by atoms with van der Waals surface area (Å²) in [5, 5.41) is 4.25. The Morgan fingerprint density at radius 1 is 0.788 bits per heavy atom. The van der Waals surface area contributed by atoms with E-state index in [0.717, 1.165) is 33.7 Å². The molecule has 0 bridgehead atoms. The summed E-state index contributed by atoms with van der Waals surface area (Å²) in [6.07, 6.45) is 1.73. The normalized spacial score (nSPS) is 10.7. The van der Waals surface area contributed by atoms with Gasteiger partial charge >= 0.3 is 0 Å². The second-order valence-corrected chi connectivity index (χ2v) is 7.70. The maximum atomic E-state index is 6.25. The second-order valence-electron chi connectivity index (χ2n) is 7.70. The van der Waals surface area contributed by atoms with Gasteiger partial charge < -0.3 is 24.3 Å². The maximum absolute atomic E-state index is 6.25. The van der Waals surface area contributed by atoms with E-state index in [1.54, 1.807) is 20.4 Å². The van der Waals surface area contributed by atoms with Gasteiger partial charge in [-0.25, -0.2) is 0 Å². The molecule has 0 aliphatic rings. The number of aromatic nitrogens is 1. The van der Waals surface area contributed by atoms with Crippen LogP contribution in [-0.2, 0) is 0 Å². The molecule has 0 saturated heterocycles. The van der Waals surface area contributed by atoms with Crippen molar-refractivity contribution in [3.8, 4) is 28.7 Å². The molecule has 1 aromatic heterocycles. The molecule has 1 heterocycles. The van der Waals surface area contributed by atoms with Gasteiger partial charge in [0.05, 0.1) is 19.7 Å². The molecule has 0 spiro atoms. The van der Waals surface area contributed by atoms with Crippen molar-refractivity contribution in [2.45, 2.75) is 13.8 Å². The van der Waals surface area contributed by atoms with Crippen molar-refractivity contribution in [2.75, 3.05) is 32.7 Å². The van der Waals surface area contributed by atoms with E-state index < -0.39 is 0 Å². The number of ether oxygens (including phenoxy) is 4. The summed E-state index contributed by atoms with van der Waals surface area (Å²) in [6.45, 7) is 5.36. The van der Waals surface area contributed by atoms with Gasteiger partial charge in [-0.3, -0.25) is 4.98 Å². The van der Waals surface area contributed by atoms with Gasteiger partial charge in [-0.1, -0.05) is 17.7 Å². The number of methoxy groups -OCH3 is 2. The molecule has 6 nitrogen and oxygen atoms in total. The quantitative estimate of drug-likeness (QED) is 0.312. The molecule has 33 heavy (non-hydrogen) atoms. The van der Waals surface area contributed by atoms with Gasteiger partial charge in [0.25, 0.3) is 0 Å². The van der Waals surface area contributed by atoms with Gasteiger partial charge in [-0.2, -0.15) is 0 Å². The monoisotopic (exact) mass is 444 g/mol. The Morgan fingerprint density at radius 3 is 2.27 bits per heavy atom. The highest BCUT2D eigenvalue weighted by Crippen LogP contribution is 2.37. The van der Waals surface area contributed by atoms with Gasteiger partial charge in [-0.15, -0.1) is 0 Å². The highest BCUT2D eigenvalue weighted by Gasteiger charge is 2.12. The summed E-state index contributed by atoms with van der Waals surface area (Å²) in [4.78, 5) is 4.43. The predicted molar refractivity (Wildman–Crippen MR) is 131 cm³/mol. The summed E-state index contributed by atoms with van der Waals surface area (Å²) >= 11 is 0. The lowest BCUT2D eigenvalue weighted by atomic mass is 10.1. The minimum Gasteiger partial charge on any atom is -0.493 e. The Kier molecular flexibility index (Phi) is 6.83. The third kappa shape index (κ3) is 5.29. The third-order valence-electron chi connectivity index (χ3n) is 5.32. The predicted octanol–water partition coefficient (Wildman–Crippen LogP) is 6.15. The maximum Gasteiger partial charge on any atom is 0.162 e. The Morgan fingerprint density at radius 2 is 1.55 bits per heavy atom. The molecule has 0 atom stereocenters. The van der Waals surface area contributed by atoms with Crippen molar-refractivity contribution in [3.63, 3.8) is 0 Å². The summed E-state index contributed by atoms with van der Waals surface area (Å²) < 4.78 is 22.9. The molecule has 0 saturated carbocycles. The van der Waals surface area contributed by atoms with Crippen molar-refractivity contribution in [2.24, 2.45) is 0 Å². The van der Waals surface area contributed by atoms with Crippen LogP contribution in [0.5, 0.6) is 28.7 Å². The first-order valence-corrected chi connectivity index (χ1v) is 10.8.